The molecule has 0 fully saturated rings. The molecule has 0 radical (unpaired) electrons. The van der Waals surface area contributed by atoms with Crippen LogP contribution in [-0.2, 0) is 6.54 Å². The molecule has 1 aliphatic rings. The molecule has 1 aromatic carbocycles. The van der Waals surface area contributed by atoms with Gasteiger partial charge in [0.2, 0.25) is 0 Å². The molecule has 0 atom stereocenters. The van der Waals surface area contributed by atoms with Crippen molar-refractivity contribution >= 4 is 34.6 Å². The summed E-state index contributed by atoms with van der Waals surface area (Å²) in [4.78, 5) is 34.5. The van der Waals surface area contributed by atoms with E-state index in [1.54, 1.807) is 36.7 Å². The van der Waals surface area contributed by atoms with Gasteiger partial charge in [-0.05, 0) is 37.1 Å². The van der Waals surface area contributed by atoms with Gasteiger partial charge < -0.3 is 4.57 Å². The van der Waals surface area contributed by atoms with Crippen LogP contribution in [0.1, 0.15) is 33.6 Å². The SMILES string of the molecule is O=C1c2ccccc2C(=O)N1CCCCn1cnc2ccc(Cl)nc21. The van der Waals surface area contributed by atoms with Gasteiger partial charge in [-0.25, -0.2) is 9.97 Å². The molecule has 2 amide bonds. The number of rotatable bonds is 5. The number of amides is 2. The minimum Gasteiger partial charge on any atom is -0.315 e. The van der Waals surface area contributed by atoms with Crippen LogP contribution in [0.2, 0.25) is 5.15 Å². The number of benzene rings is 1. The highest BCUT2D eigenvalue weighted by Gasteiger charge is 2.34. The Hall–Kier alpha value is -2.73. The number of pyridine rings is 1. The van der Waals surface area contributed by atoms with E-state index in [2.05, 4.69) is 9.97 Å². The number of hydrogen-bond acceptors (Lipinski definition) is 4. The number of carbonyl (C=O) groups is 2. The maximum Gasteiger partial charge on any atom is 0.261 e. The quantitative estimate of drug-likeness (QED) is 0.401. The molecule has 1 aliphatic heterocycles. The second-order valence-electron chi connectivity index (χ2n) is 5.93. The molecule has 0 unspecified atom stereocenters. The zero-order chi connectivity index (χ0) is 17.4. The zero-order valence-corrected chi connectivity index (χ0v) is 14.1. The first-order valence-corrected chi connectivity index (χ1v) is 8.45. The molecule has 25 heavy (non-hydrogen) atoms. The molecule has 3 heterocycles. The Balaban J connectivity index is 1.38. The molecule has 3 aromatic rings. The van der Waals surface area contributed by atoms with Gasteiger partial charge in [-0.3, -0.25) is 14.5 Å². The average molecular weight is 355 g/mol. The molecule has 0 saturated heterocycles. The van der Waals surface area contributed by atoms with Crippen LogP contribution >= 0.6 is 11.6 Å². The molecule has 0 aliphatic carbocycles. The van der Waals surface area contributed by atoms with E-state index < -0.39 is 0 Å². The molecule has 0 spiro atoms. The fourth-order valence-electron chi connectivity index (χ4n) is 3.07. The normalized spacial score (nSPS) is 13.7. The number of halogens is 1. The van der Waals surface area contributed by atoms with Crippen LogP contribution in [0, 0.1) is 0 Å². The summed E-state index contributed by atoms with van der Waals surface area (Å²) in [7, 11) is 0. The highest BCUT2D eigenvalue weighted by molar-refractivity contribution is 6.29. The number of imide groups is 1. The van der Waals surface area contributed by atoms with Gasteiger partial charge in [0.1, 0.15) is 10.7 Å². The molecule has 7 heteroatoms. The largest absolute Gasteiger partial charge is 0.315 e. The van der Waals surface area contributed by atoms with Crippen molar-refractivity contribution in [3.8, 4) is 0 Å². The Morgan fingerprint density at radius 2 is 1.60 bits per heavy atom. The Bertz CT molecular complexity index is 947. The van der Waals surface area contributed by atoms with Crippen molar-refractivity contribution in [2.75, 3.05) is 6.54 Å². The third kappa shape index (κ3) is 2.78. The fraction of sp³-hybridized carbons (Fsp3) is 0.222. The number of aryl methyl sites for hydroxylation is 1. The van der Waals surface area contributed by atoms with Crippen molar-refractivity contribution in [2.24, 2.45) is 0 Å². The minimum absolute atomic E-state index is 0.206. The van der Waals surface area contributed by atoms with E-state index in [1.165, 1.54) is 4.90 Å². The van der Waals surface area contributed by atoms with Gasteiger partial charge in [-0.2, -0.15) is 0 Å². The van der Waals surface area contributed by atoms with Gasteiger partial charge in [0.05, 0.1) is 17.5 Å². The van der Waals surface area contributed by atoms with Crippen LogP contribution in [0.4, 0.5) is 0 Å². The lowest BCUT2D eigenvalue weighted by Gasteiger charge is -2.13. The van der Waals surface area contributed by atoms with Crippen LogP contribution < -0.4 is 0 Å². The number of carbonyl (C=O) groups excluding carboxylic acids is 2. The summed E-state index contributed by atoms with van der Waals surface area (Å²) in [5, 5.41) is 0.431. The Morgan fingerprint density at radius 1 is 0.920 bits per heavy atom. The standard InChI is InChI=1S/C18H15ClN4O2/c19-15-8-7-14-16(21-15)22(11-20-14)9-3-4-10-23-17(24)12-5-1-2-6-13(12)18(23)25/h1-2,5-8,11H,3-4,9-10H2. The molecule has 0 saturated carbocycles. The lowest BCUT2D eigenvalue weighted by Crippen LogP contribution is -2.30. The smallest absolute Gasteiger partial charge is 0.261 e. The van der Waals surface area contributed by atoms with E-state index in [0.29, 0.717) is 35.8 Å². The predicted octanol–water partition coefficient (Wildman–Crippen LogP) is 3.16. The Kier molecular flexibility index (Phi) is 3.97. The predicted molar refractivity (Wildman–Crippen MR) is 93.6 cm³/mol. The molecule has 4 rings (SSSR count). The highest BCUT2D eigenvalue weighted by atomic mass is 35.5. The second-order valence-corrected chi connectivity index (χ2v) is 6.32. The summed E-state index contributed by atoms with van der Waals surface area (Å²) < 4.78 is 1.93. The summed E-state index contributed by atoms with van der Waals surface area (Å²) in [6.07, 6.45) is 3.24. The van der Waals surface area contributed by atoms with E-state index in [0.717, 1.165) is 17.6 Å². The van der Waals surface area contributed by atoms with E-state index in [4.69, 9.17) is 11.6 Å². The van der Waals surface area contributed by atoms with E-state index in [-0.39, 0.29) is 11.8 Å². The number of hydrogen-bond donors (Lipinski definition) is 0. The molecule has 0 N–H and O–H groups in total. The van der Waals surface area contributed by atoms with Crippen molar-refractivity contribution in [2.45, 2.75) is 19.4 Å². The molecule has 0 bridgehead atoms. The second kappa shape index (κ2) is 6.29. The Labute approximate surface area is 149 Å². The van der Waals surface area contributed by atoms with E-state index in [9.17, 15) is 9.59 Å². The van der Waals surface area contributed by atoms with Gasteiger partial charge in [0.25, 0.3) is 11.8 Å². The fourth-order valence-corrected chi connectivity index (χ4v) is 3.22. The maximum absolute atomic E-state index is 12.3. The lowest BCUT2D eigenvalue weighted by atomic mass is 10.1. The number of nitrogens with zero attached hydrogens (tertiary/aromatic N) is 4. The summed E-state index contributed by atoms with van der Waals surface area (Å²) >= 11 is 5.94. The lowest BCUT2D eigenvalue weighted by molar-refractivity contribution is 0.0651. The summed E-state index contributed by atoms with van der Waals surface area (Å²) in [6.45, 7) is 1.11. The minimum atomic E-state index is -0.206. The van der Waals surface area contributed by atoms with Gasteiger partial charge >= 0.3 is 0 Å². The highest BCUT2D eigenvalue weighted by Crippen LogP contribution is 2.23. The summed E-state index contributed by atoms with van der Waals surface area (Å²) in [5.41, 5.74) is 2.52. The number of fused-ring (bicyclic) bond motifs is 2. The number of imidazole rings is 1. The molecule has 2 aromatic heterocycles. The van der Waals surface area contributed by atoms with E-state index in [1.807, 2.05) is 10.6 Å². The average Bonchev–Trinajstić information content (AvgIpc) is 3.12. The van der Waals surface area contributed by atoms with Gasteiger partial charge in [0.15, 0.2) is 5.65 Å². The van der Waals surface area contributed by atoms with Crippen molar-refractivity contribution in [3.05, 3.63) is 59.0 Å². The number of unbranched alkanes of at least 4 members (excludes halogenated alkanes) is 1. The zero-order valence-electron chi connectivity index (χ0n) is 13.4. The topological polar surface area (TPSA) is 68.1 Å². The van der Waals surface area contributed by atoms with Crippen molar-refractivity contribution in [3.63, 3.8) is 0 Å². The molecule has 6 nitrogen and oxygen atoms in total. The first kappa shape index (κ1) is 15.8. The third-order valence-corrected chi connectivity index (χ3v) is 4.55. The van der Waals surface area contributed by atoms with Crippen molar-refractivity contribution in [1.29, 1.82) is 0 Å². The van der Waals surface area contributed by atoms with E-state index >= 15 is 0 Å². The van der Waals surface area contributed by atoms with Crippen molar-refractivity contribution < 1.29 is 9.59 Å². The first-order valence-electron chi connectivity index (χ1n) is 8.08. The van der Waals surface area contributed by atoms with Crippen LogP contribution in [0.25, 0.3) is 11.2 Å². The molecular formula is C18H15ClN4O2. The van der Waals surface area contributed by atoms with Gasteiger partial charge in [0, 0.05) is 13.1 Å². The van der Waals surface area contributed by atoms with Crippen LogP contribution in [0.5, 0.6) is 0 Å². The van der Waals surface area contributed by atoms with Crippen LogP contribution in [-0.4, -0.2) is 37.8 Å². The molecule has 126 valence electrons. The summed E-state index contributed by atoms with van der Waals surface area (Å²) in [6, 6.07) is 10.5. The van der Waals surface area contributed by atoms with Gasteiger partial charge in [-0.15, -0.1) is 0 Å². The van der Waals surface area contributed by atoms with Crippen LogP contribution in [0.15, 0.2) is 42.7 Å². The van der Waals surface area contributed by atoms with Gasteiger partial charge in [-0.1, -0.05) is 23.7 Å². The third-order valence-electron chi connectivity index (χ3n) is 4.34. The molecular weight excluding hydrogens is 340 g/mol. The maximum atomic E-state index is 12.3. The first-order chi connectivity index (χ1) is 12.1. The number of aromatic nitrogens is 3. The summed E-state index contributed by atoms with van der Waals surface area (Å²) in [5.74, 6) is -0.413. The van der Waals surface area contributed by atoms with Crippen LogP contribution in [0.3, 0.4) is 0 Å². The van der Waals surface area contributed by atoms with Crippen molar-refractivity contribution in [1.82, 2.24) is 19.4 Å². The Morgan fingerprint density at radius 3 is 2.32 bits per heavy atom. The monoisotopic (exact) mass is 354 g/mol.